The summed E-state index contributed by atoms with van der Waals surface area (Å²) < 4.78 is 6.62. The van der Waals surface area contributed by atoms with Crippen LogP contribution in [0.15, 0.2) is 48.8 Å². The van der Waals surface area contributed by atoms with Crippen molar-refractivity contribution in [3.8, 4) is 0 Å². The molecular weight excluding hydrogens is 302 g/mol. The van der Waals surface area contributed by atoms with Gasteiger partial charge in [-0.3, -0.25) is 9.58 Å². The molecule has 0 amide bonds. The normalized spacial score (nSPS) is 18.3. The van der Waals surface area contributed by atoms with Crippen molar-refractivity contribution in [2.75, 3.05) is 13.7 Å². The largest absolute Gasteiger partial charge is 0.466 e. The van der Waals surface area contributed by atoms with Gasteiger partial charge in [-0.25, -0.2) is 4.79 Å². The lowest BCUT2D eigenvalue weighted by atomic mass is 10.1. The summed E-state index contributed by atoms with van der Waals surface area (Å²) in [7, 11) is 1.38. The fourth-order valence-electron chi connectivity index (χ4n) is 3.14. The number of benzene rings is 1. The van der Waals surface area contributed by atoms with E-state index < -0.39 is 0 Å². The molecule has 0 saturated carbocycles. The van der Waals surface area contributed by atoms with E-state index in [4.69, 9.17) is 0 Å². The van der Waals surface area contributed by atoms with E-state index in [-0.39, 0.29) is 5.97 Å². The predicted octanol–water partition coefficient (Wildman–Crippen LogP) is 2.73. The summed E-state index contributed by atoms with van der Waals surface area (Å²) in [5.41, 5.74) is 2.29. The number of carbonyl (C=O) groups is 1. The molecule has 1 aliphatic rings. The highest BCUT2D eigenvalue weighted by Gasteiger charge is 2.24. The smallest absolute Gasteiger partial charge is 0.330 e. The van der Waals surface area contributed by atoms with Crippen LogP contribution < -0.4 is 0 Å². The number of aromatic nitrogens is 2. The molecule has 1 atom stereocenters. The number of hydrogen-bond acceptors (Lipinski definition) is 4. The third-order valence-electron chi connectivity index (χ3n) is 4.43. The van der Waals surface area contributed by atoms with Crippen molar-refractivity contribution in [1.29, 1.82) is 0 Å². The van der Waals surface area contributed by atoms with E-state index in [9.17, 15) is 4.79 Å². The van der Waals surface area contributed by atoms with Crippen LogP contribution in [0.3, 0.4) is 0 Å². The minimum Gasteiger partial charge on any atom is -0.466 e. The van der Waals surface area contributed by atoms with Crippen molar-refractivity contribution >= 4 is 12.0 Å². The maximum absolute atomic E-state index is 11.1. The molecule has 5 heteroatoms. The van der Waals surface area contributed by atoms with Gasteiger partial charge in [-0.15, -0.1) is 0 Å². The fraction of sp³-hybridized carbons (Fsp3) is 0.368. The van der Waals surface area contributed by atoms with Crippen molar-refractivity contribution < 1.29 is 9.53 Å². The third kappa shape index (κ3) is 4.32. The van der Waals surface area contributed by atoms with Gasteiger partial charge < -0.3 is 4.74 Å². The molecule has 1 aromatic heterocycles. The number of carbonyl (C=O) groups excluding carboxylic acids is 1. The van der Waals surface area contributed by atoms with E-state index in [2.05, 4.69) is 26.9 Å². The SMILES string of the molecule is COC(=O)C=Cc1ccc(CN2CCC[C@@H]2Cn2cccn2)cc1. The first kappa shape index (κ1) is 16.5. The Morgan fingerprint density at radius 1 is 1.38 bits per heavy atom. The Labute approximate surface area is 142 Å². The van der Waals surface area contributed by atoms with Gasteiger partial charge in [-0.2, -0.15) is 5.10 Å². The van der Waals surface area contributed by atoms with Gasteiger partial charge >= 0.3 is 5.97 Å². The minimum atomic E-state index is -0.336. The van der Waals surface area contributed by atoms with Crippen molar-refractivity contribution in [3.05, 3.63) is 59.9 Å². The van der Waals surface area contributed by atoms with Crippen molar-refractivity contribution in [2.24, 2.45) is 0 Å². The molecule has 1 saturated heterocycles. The average molecular weight is 325 g/mol. The number of hydrogen-bond donors (Lipinski definition) is 0. The summed E-state index contributed by atoms with van der Waals surface area (Å²) in [6.07, 6.45) is 9.53. The van der Waals surface area contributed by atoms with Gasteiger partial charge in [0, 0.05) is 31.1 Å². The summed E-state index contributed by atoms with van der Waals surface area (Å²) in [5.74, 6) is -0.336. The molecule has 0 bridgehead atoms. The molecule has 0 unspecified atom stereocenters. The monoisotopic (exact) mass is 325 g/mol. The zero-order valence-corrected chi connectivity index (χ0v) is 14.0. The van der Waals surface area contributed by atoms with Gasteiger partial charge in [0.05, 0.1) is 13.7 Å². The minimum absolute atomic E-state index is 0.336. The maximum Gasteiger partial charge on any atom is 0.330 e. The molecule has 24 heavy (non-hydrogen) atoms. The highest BCUT2D eigenvalue weighted by molar-refractivity contribution is 5.86. The van der Waals surface area contributed by atoms with Crippen LogP contribution >= 0.6 is 0 Å². The van der Waals surface area contributed by atoms with Crippen molar-refractivity contribution in [1.82, 2.24) is 14.7 Å². The Balaban J connectivity index is 1.58. The van der Waals surface area contributed by atoms with Crippen LogP contribution in [0, 0.1) is 0 Å². The standard InChI is InChI=1S/C19H23N3O2/c1-24-19(23)10-9-16-5-7-17(8-6-16)14-21-12-2-4-18(21)15-22-13-3-11-20-22/h3,5-11,13,18H,2,4,12,14-15H2,1H3/t18-/m1/s1. The topological polar surface area (TPSA) is 47.4 Å². The molecular formula is C19H23N3O2. The Bertz CT molecular complexity index is 677. The lowest BCUT2D eigenvalue weighted by Crippen LogP contribution is -2.32. The van der Waals surface area contributed by atoms with Crippen LogP contribution in [0.1, 0.15) is 24.0 Å². The second-order valence-electron chi connectivity index (χ2n) is 6.09. The molecule has 126 valence electrons. The Hall–Kier alpha value is -2.40. The van der Waals surface area contributed by atoms with Crippen LogP contribution in [0.5, 0.6) is 0 Å². The summed E-state index contributed by atoms with van der Waals surface area (Å²) in [4.78, 5) is 13.7. The number of methoxy groups -OCH3 is 1. The Morgan fingerprint density at radius 3 is 2.92 bits per heavy atom. The fourth-order valence-corrected chi connectivity index (χ4v) is 3.14. The zero-order chi connectivity index (χ0) is 16.8. The lowest BCUT2D eigenvalue weighted by molar-refractivity contribution is -0.134. The van der Waals surface area contributed by atoms with Crippen LogP contribution in [0.4, 0.5) is 0 Å². The summed E-state index contributed by atoms with van der Waals surface area (Å²) in [6.45, 7) is 3.04. The molecule has 1 fully saturated rings. The quantitative estimate of drug-likeness (QED) is 0.605. The molecule has 0 N–H and O–H groups in total. The number of nitrogens with zero attached hydrogens (tertiary/aromatic N) is 3. The van der Waals surface area contributed by atoms with Gasteiger partial charge in [0.1, 0.15) is 0 Å². The van der Waals surface area contributed by atoms with Crippen molar-refractivity contribution in [3.63, 3.8) is 0 Å². The summed E-state index contributed by atoms with van der Waals surface area (Å²) >= 11 is 0. The Morgan fingerprint density at radius 2 is 2.21 bits per heavy atom. The third-order valence-corrected chi connectivity index (χ3v) is 4.43. The van der Waals surface area contributed by atoms with E-state index in [0.29, 0.717) is 6.04 Å². The molecule has 3 rings (SSSR count). The van der Waals surface area contributed by atoms with Crippen LogP contribution in [-0.2, 0) is 22.6 Å². The lowest BCUT2D eigenvalue weighted by Gasteiger charge is -2.24. The van der Waals surface area contributed by atoms with E-state index in [0.717, 1.165) is 25.2 Å². The van der Waals surface area contributed by atoms with Crippen LogP contribution in [0.2, 0.25) is 0 Å². The van der Waals surface area contributed by atoms with Gasteiger partial charge in [-0.05, 0) is 42.7 Å². The maximum atomic E-state index is 11.1. The first-order valence-corrected chi connectivity index (χ1v) is 8.31. The zero-order valence-electron chi connectivity index (χ0n) is 14.0. The molecule has 1 aliphatic heterocycles. The first-order chi connectivity index (χ1) is 11.7. The van der Waals surface area contributed by atoms with Gasteiger partial charge in [0.25, 0.3) is 0 Å². The second-order valence-corrected chi connectivity index (χ2v) is 6.09. The van der Waals surface area contributed by atoms with Gasteiger partial charge in [0.2, 0.25) is 0 Å². The van der Waals surface area contributed by atoms with E-state index >= 15 is 0 Å². The Kier molecular flexibility index (Phi) is 5.43. The molecule has 2 heterocycles. The van der Waals surface area contributed by atoms with Gasteiger partial charge in [-0.1, -0.05) is 24.3 Å². The van der Waals surface area contributed by atoms with E-state index in [1.807, 2.05) is 35.3 Å². The molecule has 5 nitrogen and oxygen atoms in total. The number of likely N-dealkylation sites (tertiary alicyclic amines) is 1. The first-order valence-electron chi connectivity index (χ1n) is 8.31. The molecule has 2 aromatic rings. The van der Waals surface area contributed by atoms with E-state index in [1.165, 1.54) is 31.6 Å². The number of rotatable bonds is 6. The second kappa shape index (κ2) is 7.93. The van der Waals surface area contributed by atoms with Crippen LogP contribution in [-0.4, -0.2) is 40.3 Å². The van der Waals surface area contributed by atoms with Crippen molar-refractivity contribution in [2.45, 2.75) is 32.0 Å². The summed E-state index contributed by atoms with van der Waals surface area (Å²) in [6, 6.07) is 10.8. The van der Waals surface area contributed by atoms with Gasteiger partial charge in [0.15, 0.2) is 0 Å². The predicted molar refractivity (Wildman–Crippen MR) is 93.2 cm³/mol. The molecule has 0 radical (unpaired) electrons. The average Bonchev–Trinajstić information content (AvgIpc) is 3.27. The molecule has 0 aliphatic carbocycles. The molecule has 1 aromatic carbocycles. The summed E-state index contributed by atoms with van der Waals surface area (Å²) in [5, 5.41) is 4.32. The number of ether oxygens (including phenoxy) is 1. The van der Waals surface area contributed by atoms with Crippen LogP contribution in [0.25, 0.3) is 6.08 Å². The highest BCUT2D eigenvalue weighted by atomic mass is 16.5. The highest BCUT2D eigenvalue weighted by Crippen LogP contribution is 2.21. The number of esters is 1. The van der Waals surface area contributed by atoms with E-state index in [1.54, 1.807) is 6.08 Å². The molecule has 0 spiro atoms.